The fourth-order valence-electron chi connectivity index (χ4n) is 3.79. The highest BCUT2D eigenvalue weighted by atomic mass is 32.1. The van der Waals surface area contributed by atoms with Crippen LogP contribution in [0.5, 0.6) is 5.88 Å². The van der Waals surface area contributed by atoms with Gasteiger partial charge in [-0.25, -0.2) is 14.8 Å². The molecule has 1 aliphatic rings. The van der Waals surface area contributed by atoms with E-state index in [1.54, 1.807) is 29.5 Å². The van der Waals surface area contributed by atoms with Crippen molar-refractivity contribution < 1.29 is 13.9 Å². The number of aromatic nitrogens is 2. The zero-order valence-electron chi connectivity index (χ0n) is 15.7. The first kappa shape index (κ1) is 17.8. The molecule has 4 aromatic rings. The van der Waals surface area contributed by atoms with Crippen LogP contribution in [-0.2, 0) is 24.2 Å². The number of amides is 1. The summed E-state index contributed by atoms with van der Waals surface area (Å²) >= 11 is 1.70. The molecule has 0 fully saturated rings. The Kier molecular flexibility index (Phi) is 4.28. The summed E-state index contributed by atoms with van der Waals surface area (Å²) in [5, 5.41) is 4.43. The van der Waals surface area contributed by atoms with Crippen LogP contribution in [-0.4, -0.2) is 15.9 Å². The van der Waals surface area contributed by atoms with Crippen molar-refractivity contribution >= 4 is 44.1 Å². The molecule has 0 radical (unpaired) electrons. The number of rotatable bonds is 4. The van der Waals surface area contributed by atoms with Crippen LogP contribution < -0.4 is 15.7 Å². The van der Waals surface area contributed by atoms with E-state index < -0.39 is 5.63 Å². The lowest BCUT2D eigenvalue weighted by Gasteiger charge is -2.10. The maximum atomic E-state index is 12.0. The van der Waals surface area contributed by atoms with E-state index >= 15 is 0 Å². The summed E-state index contributed by atoms with van der Waals surface area (Å²) in [6.45, 7) is 1.60. The van der Waals surface area contributed by atoms with Gasteiger partial charge >= 0.3 is 5.63 Å². The van der Waals surface area contributed by atoms with Crippen LogP contribution in [0.1, 0.15) is 29.3 Å². The van der Waals surface area contributed by atoms with Gasteiger partial charge in [0.15, 0.2) is 0 Å². The van der Waals surface area contributed by atoms with Crippen molar-refractivity contribution in [2.75, 3.05) is 5.32 Å². The summed E-state index contributed by atoms with van der Waals surface area (Å²) in [6.07, 6.45) is 4.76. The third-order valence-electron chi connectivity index (χ3n) is 4.98. The smallest absolute Gasteiger partial charge is 0.336 e. The lowest BCUT2D eigenvalue weighted by molar-refractivity contribution is -0.114. The van der Waals surface area contributed by atoms with E-state index in [1.807, 2.05) is 0 Å². The molecule has 146 valence electrons. The largest absolute Gasteiger partial charge is 0.472 e. The average Bonchev–Trinajstić information content (AvgIpc) is 3.26. The van der Waals surface area contributed by atoms with Crippen molar-refractivity contribution in [2.45, 2.75) is 32.8 Å². The molecule has 0 aliphatic heterocycles. The minimum atomic E-state index is -0.472. The van der Waals surface area contributed by atoms with Gasteiger partial charge in [-0.05, 0) is 37.0 Å². The Bertz CT molecular complexity index is 1320. The Morgan fingerprint density at radius 1 is 1.28 bits per heavy atom. The van der Waals surface area contributed by atoms with Crippen molar-refractivity contribution in [2.24, 2.45) is 0 Å². The Balaban J connectivity index is 1.50. The van der Waals surface area contributed by atoms with E-state index in [4.69, 9.17) is 9.15 Å². The monoisotopic (exact) mass is 407 g/mol. The predicted octanol–water partition coefficient (Wildman–Crippen LogP) is 3.82. The summed E-state index contributed by atoms with van der Waals surface area (Å²) in [5.41, 5.74) is 2.48. The number of carbonyl (C=O) groups is 1. The molecule has 1 amide bonds. The molecule has 0 saturated carbocycles. The molecule has 8 heteroatoms. The molecule has 3 heterocycles. The first-order chi connectivity index (χ1) is 14.1. The third kappa shape index (κ3) is 3.25. The molecule has 1 aliphatic carbocycles. The average molecular weight is 407 g/mol. The van der Waals surface area contributed by atoms with Crippen LogP contribution in [0.4, 0.5) is 5.69 Å². The van der Waals surface area contributed by atoms with Crippen molar-refractivity contribution in [3.8, 4) is 5.88 Å². The van der Waals surface area contributed by atoms with Gasteiger partial charge in [-0.3, -0.25) is 4.79 Å². The van der Waals surface area contributed by atoms with E-state index in [0.29, 0.717) is 22.7 Å². The Morgan fingerprint density at radius 3 is 3.03 bits per heavy atom. The molecule has 0 atom stereocenters. The number of benzene rings is 1. The van der Waals surface area contributed by atoms with Crippen LogP contribution in [0.2, 0.25) is 0 Å². The molecule has 3 aromatic heterocycles. The first-order valence-corrected chi connectivity index (χ1v) is 10.1. The summed E-state index contributed by atoms with van der Waals surface area (Å²) in [5.74, 6) is 0.355. The molecule has 1 N–H and O–H groups in total. The van der Waals surface area contributed by atoms with Crippen LogP contribution in [0, 0.1) is 0 Å². The lowest BCUT2D eigenvalue weighted by atomic mass is 10.1. The zero-order chi connectivity index (χ0) is 20.0. The number of aryl methyl sites for hydroxylation is 2. The zero-order valence-corrected chi connectivity index (χ0v) is 16.5. The van der Waals surface area contributed by atoms with E-state index in [9.17, 15) is 9.59 Å². The van der Waals surface area contributed by atoms with Gasteiger partial charge in [-0.2, -0.15) is 0 Å². The maximum absolute atomic E-state index is 12.0. The van der Waals surface area contributed by atoms with Crippen LogP contribution in [0.15, 0.2) is 39.8 Å². The van der Waals surface area contributed by atoms with Gasteiger partial charge in [0.1, 0.15) is 23.3 Å². The summed E-state index contributed by atoms with van der Waals surface area (Å²) in [6, 6.07) is 6.63. The number of nitrogens with zero attached hydrogens (tertiary/aromatic N) is 2. The second kappa shape index (κ2) is 6.97. The number of anilines is 1. The number of thiophene rings is 1. The molecule has 0 bridgehead atoms. The second-order valence-corrected chi connectivity index (χ2v) is 8.07. The maximum Gasteiger partial charge on any atom is 0.336 e. The Labute approximate surface area is 169 Å². The molecular formula is C21H17N3O4S. The van der Waals surface area contributed by atoms with E-state index in [1.165, 1.54) is 29.8 Å². The number of ether oxygens (including phenoxy) is 1. The fraction of sp³-hybridized carbons (Fsp3) is 0.238. The summed E-state index contributed by atoms with van der Waals surface area (Å²) in [4.78, 5) is 34.3. The molecule has 1 aromatic carbocycles. The van der Waals surface area contributed by atoms with Gasteiger partial charge in [0.05, 0.1) is 5.39 Å². The Hall–Kier alpha value is -3.26. The van der Waals surface area contributed by atoms with Gasteiger partial charge in [-0.15, -0.1) is 11.3 Å². The minimum Gasteiger partial charge on any atom is -0.472 e. The highest BCUT2D eigenvalue weighted by Crippen LogP contribution is 2.40. The van der Waals surface area contributed by atoms with Gasteiger partial charge in [-0.1, -0.05) is 0 Å². The summed E-state index contributed by atoms with van der Waals surface area (Å²) < 4.78 is 11.4. The molecule has 7 nitrogen and oxygen atoms in total. The van der Waals surface area contributed by atoms with Gasteiger partial charge in [0.2, 0.25) is 11.8 Å². The van der Waals surface area contributed by atoms with Crippen LogP contribution in [0.25, 0.3) is 21.2 Å². The number of hydrogen-bond acceptors (Lipinski definition) is 7. The normalized spacial score (nSPS) is 13.0. The highest BCUT2D eigenvalue weighted by molar-refractivity contribution is 7.18. The molecule has 0 spiro atoms. The quantitative estimate of drug-likeness (QED) is 0.517. The van der Waals surface area contributed by atoms with Crippen LogP contribution in [0.3, 0.4) is 0 Å². The number of nitrogens with one attached hydrogen (secondary N) is 1. The van der Waals surface area contributed by atoms with Gasteiger partial charge < -0.3 is 14.5 Å². The van der Waals surface area contributed by atoms with Crippen molar-refractivity contribution in [3.63, 3.8) is 0 Å². The third-order valence-corrected chi connectivity index (χ3v) is 6.18. The lowest BCUT2D eigenvalue weighted by Crippen LogP contribution is -2.07. The standard InChI is InChI=1S/C21H17N3O4S/c1-11(25)24-13-5-6-14-12(7-18(26)28-16(14)8-13)9-27-20-19-15-3-2-4-17(15)29-21(19)23-10-22-20/h5-8,10H,2-4,9H2,1H3,(H,24,25). The van der Waals surface area contributed by atoms with Crippen molar-refractivity contribution in [1.82, 2.24) is 9.97 Å². The Morgan fingerprint density at radius 2 is 2.17 bits per heavy atom. The SMILES string of the molecule is CC(=O)Nc1ccc2c(COc3ncnc4sc5c(c34)CCC5)cc(=O)oc2c1. The number of fused-ring (bicyclic) bond motifs is 4. The molecule has 0 saturated heterocycles. The van der Waals surface area contributed by atoms with E-state index in [-0.39, 0.29) is 12.5 Å². The van der Waals surface area contributed by atoms with Gasteiger partial charge in [0, 0.05) is 40.6 Å². The molecule has 5 rings (SSSR count). The van der Waals surface area contributed by atoms with Crippen molar-refractivity contribution in [3.05, 3.63) is 57.0 Å². The topological polar surface area (TPSA) is 94.3 Å². The minimum absolute atomic E-state index is 0.179. The van der Waals surface area contributed by atoms with Crippen molar-refractivity contribution in [1.29, 1.82) is 0 Å². The number of carbonyl (C=O) groups excluding carboxylic acids is 1. The molecule has 0 unspecified atom stereocenters. The second-order valence-electron chi connectivity index (χ2n) is 6.99. The van der Waals surface area contributed by atoms with E-state index in [0.717, 1.165) is 34.9 Å². The first-order valence-electron chi connectivity index (χ1n) is 9.31. The van der Waals surface area contributed by atoms with Gasteiger partial charge in [0.25, 0.3) is 0 Å². The molecule has 29 heavy (non-hydrogen) atoms. The molecular weight excluding hydrogens is 390 g/mol. The number of hydrogen-bond donors (Lipinski definition) is 1. The van der Waals surface area contributed by atoms with Crippen LogP contribution >= 0.6 is 11.3 Å². The predicted molar refractivity (Wildman–Crippen MR) is 111 cm³/mol. The van der Waals surface area contributed by atoms with E-state index in [2.05, 4.69) is 15.3 Å². The summed E-state index contributed by atoms with van der Waals surface area (Å²) in [7, 11) is 0. The highest BCUT2D eigenvalue weighted by Gasteiger charge is 2.22. The fourth-order valence-corrected chi connectivity index (χ4v) is 5.01.